The van der Waals surface area contributed by atoms with E-state index in [1.54, 1.807) is 11.4 Å². The van der Waals surface area contributed by atoms with Crippen LogP contribution < -0.4 is 0 Å². The lowest BCUT2D eigenvalue weighted by atomic mass is 9.96. The van der Waals surface area contributed by atoms with Gasteiger partial charge in [-0.15, -0.1) is 20.4 Å². The number of nitrogens with zero attached hydrogens (tertiary/aromatic N) is 7. The zero-order valence-electron chi connectivity index (χ0n) is 14.2. The Morgan fingerprint density at radius 3 is 2.68 bits per heavy atom. The molecule has 4 rings (SSSR count). The number of amides is 1. The second kappa shape index (κ2) is 6.51. The summed E-state index contributed by atoms with van der Waals surface area (Å²) in [4.78, 5) is 15.2. The number of carbonyl (C=O) groups excluding carboxylic acids is 1. The minimum absolute atomic E-state index is 0.169. The molecule has 0 saturated carbocycles. The lowest BCUT2D eigenvalue weighted by Crippen LogP contribution is -2.38. The number of hydrogen-bond acceptors (Lipinski definition) is 8. The summed E-state index contributed by atoms with van der Waals surface area (Å²) in [6.45, 7) is 5.12. The lowest BCUT2D eigenvalue weighted by molar-refractivity contribution is -0.132. The maximum absolute atomic E-state index is 12.5. The molecule has 0 N–H and O–H groups in total. The normalized spacial score (nSPS) is 16.0. The van der Waals surface area contributed by atoms with Crippen molar-refractivity contribution in [2.45, 2.75) is 45.4 Å². The molecule has 1 fully saturated rings. The van der Waals surface area contributed by atoms with Crippen molar-refractivity contribution < 1.29 is 9.21 Å². The molecule has 0 aliphatic carbocycles. The van der Waals surface area contributed by atoms with Crippen molar-refractivity contribution in [1.82, 2.24) is 34.9 Å². The van der Waals surface area contributed by atoms with E-state index in [-0.39, 0.29) is 11.8 Å². The van der Waals surface area contributed by atoms with E-state index in [0.29, 0.717) is 24.6 Å². The van der Waals surface area contributed by atoms with Gasteiger partial charge in [0.25, 0.3) is 0 Å². The highest BCUT2D eigenvalue weighted by atomic mass is 32.1. The Labute approximate surface area is 148 Å². The van der Waals surface area contributed by atoms with Crippen molar-refractivity contribution >= 4 is 22.2 Å². The SMILES string of the molecule is Cc1nnc(C2CCN(C(=O)CCc3nn4c(C)nnc4s3)CC2)o1. The van der Waals surface area contributed by atoms with Crippen LogP contribution in [-0.4, -0.2) is 53.9 Å². The summed E-state index contributed by atoms with van der Waals surface area (Å²) in [5.41, 5.74) is 0. The average Bonchev–Trinajstić information content (AvgIpc) is 3.31. The summed E-state index contributed by atoms with van der Waals surface area (Å²) in [5.74, 6) is 2.48. The Kier molecular flexibility index (Phi) is 4.20. The smallest absolute Gasteiger partial charge is 0.234 e. The van der Waals surface area contributed by atoms with Crippen molar-refractivity contribution in [3.8, 4) is 0 Å². The third kappa shape index (κ3) is 3.26. The Bertz CT molecular complexity index is 891. The first kappa shape index (κ1) is 16.1. The molecule has 10 heteroatoms. The van der Waals surface area contributed by atoms with Crippen LogP contribution in [0.1, 0.15) is 47.8 Å². The third-order valence-electron chi connectivity index (χ3n) is 4.48. The van der Waals surface area contributed by atoms with Gasteiger partial charge in [0.05, 0.1) is 0 Å². The molecule has 0 aromatic carbocycles. The van der Waals surface area contributed by atoms with Crippen molar-refractivity contribution in [2.75, 3.05) is 13.1 Å². The molecule has 1 amide bonds. The highest BCUT2D eigenvalue weighted by Crippen LogP contribution is 2.27. The number of carbonyl (C=O) groups is 1. The monoisotopic (exact) mass is 361 g/mol. The van der Waals surface area contributed by atoms with Gasteiger partial charge < -0.3 is 9.32 Å². The summed E-state index contributed by atoms with van der Waals surface area (Å²) in [6.07, 6.45) is 2.83. The summed E-state index contributed by atoms with van der Waals surface area (Å²) < 4.78 is 7.23. The van der Waals surface area contributed by atoms with Crippen molar-refractivity contribution in [3.05, 3.63) is 22.6 Å². The molecule has 0 bridgehead atoms. The molecular formula is C15H19N7O2S. The van der Waals surface area contributed by atoms with E-state index in [0.717, 1.165) is 41.7 Å². The topological polar surface area (TPSA) is 102 Å². The van der Waals surface area contributed by atoms with Crippen LogP contribution in [0.4, 0.5) is 0 Å². The molecule has 3 aromatic heterocycles. The molecule has 0 atom stereocenters. The van der Waals surface area contributed by atoms with Crippen LogP contribution >= 0.6 is 11.3 Å². The zero-order valence-corrected chi connectivity index (χ0v) is 15.0. The number of aromatic nitrogens is 6. The van der Waals surface area contributed by atoms with Gasteiger partial charge in [-0.1, -0.05) is 11.3 Å². The van der Waals surface area contributed by atoms with E-state index < -0.39 is 0 Å². The Balaban J connectivity index is 1.30. The van der Waals surface area contributed by atoms with Crippen LogP contribution in [0.25, 0.3) is 4.96 Å². The fourth-order valence-electron chi connectivity index (χ4n) is 3.08. The summed E-state index contributed by atoms with van der Waals surface area (Å²) in [7, 11) is 0. The fraction of sp³-hybridized carbons (Fsp3) is 0.600. The van der Waals surface area contributed by atoms with Gasteiger partial charge in [0.15, 0.2) is 5.82 Å². The number of fused-ring (bicyclic) bond motifs is 1. The van der Waals surface area contributed by atoms with Gasteiger partial charge in [-0.3, -0.25) is 4.79 Å². The molecule has 25 heavy (non-hydrogen) atoms. The highest BCUT2D eigenvalue weighted by Gasteiger charge is 2.27. The van der Waals surface area contributed by atoms with Crippen molar-refractivity contribution in [1.29, 1.82) is 0 Å². The van der Waals surface area contributed by atoms with E-state index in [9.17, 15) is 4.79 Å². The van der Waals surface area contributed by atoms with E-state index in [4.69, 9.17) is 4.42 Å². The van der Waals surface area contributed by atoms with Crippen LogP contribution in [0.2, 0.25) is 0 Å². The molecule has 9 nitrogen and oxygen atoms in total. The Morgan fingerprint density at radius 1 is 1.20 bits per heavy atom. The summed E-state index contributed by atoms with van der Waals surface area (Å²) in [5, 5.41) is 21.4. The summed E-state index contributed by atoms with van der Waals surface area (Å²) >= 11 is 1.49. The minimum atomic E-state index is 0.169. The van der Waals surface area contributed by atoms with Gasteiger partial charge >= 0.3 is 0 Å². The van der Waals surface area contributed by atoms with Gasteiger partial charge in [0.1, 0.15) is 5.01 Å². The van der Waals surface area contributed by atoms with Crippen molar-refractivity contribution in [3.63, 3.8) is 0 Å². The number of hydrogen-bond donors (Lipinski definition) is 0. The first-order valence-electron chi connectivity index (χ1n) is 8.35. The Hall–Kier alpha value is -2.36. The zero-order chi connectivity index (χ0) is 17.4. The average molecular weight is 361 g/mol. The van der Waals surface area contributed by atoms with E-state index in [2.05, 4.69) is 25.5 Å². The van der Waals surface area contributed by atoms with Crippen LogP contribution in [0, 0.1) is 13.8 Å². The third-order valence-corrected chi connectivity index (χ3v) is 5.44. The molecule has 0 radical (unpaired) electrons. The van der Waals surface area contributed by atoms with Crippen LogP contribution in [-0.2, 0) is 11.2 Å². The van der Waals surface area contributed by atoms with Crippen molar-refractivity contribution in [2.24, 2.45) is 0 Å². The first-order chi connectivity index (χ1) is 12.1. The second-order valence-electron chi connectivity index (χ2n) is 6.25. The predicted molar refractivity (Wildman–Crippen MR) is 89.3 cm³/mol. The quantitative estimate of drug-likeness (QED) is 0.694. The molecule has 1 aliphatic heterocycles. The maximum Gasteiger partial charge on any atom is 0.234 e. The summed E-state index contributed by atoms with van der Waals surface area (Å²) in [6, 6.07) is 0. The molecule has 1 aliphatic rings. The number of likely N-dealkylation sites (tertiary alicyclic amines) is 1. The van der Waals surface area contributed by atoms with Gasteiger partial charge in [0.2, 0.25) is 22.6 Å². The lowest BCUT2D eigenvalue weighted by Gasteiger charge is -2.30. The Morgan fingerprint density at radius 2 is 2.00 bits per heavy atom. The van der Waals surface area contributed by atoms with Gasteiger partial charge in [0, 0.05) is 38.8 Å². The largest absolute Gasteiger partial charge is 0.425 e. The maximum atomic E-state index is 12.5. The highest BCUT2D eigenvalue weighted by molar-refractivity contribution is 7.16. The molecule has 4 heterocycles. The van der Waals surface area contributed by atoms with Gasteiger partial charge in [-0.25, -0.2) is 0 Å². The molecule has 0 spiro atoms. The molecule has 132 valence electrons. The molecule has 3 aromatic rings. The standard InChI is InChI=1S/C15H19N7O2S/c1-9-16-19-15-22(9)20-12(25-15)3-4-13(23)21-7-5-11(6-8-21)14-18-17-10(2)24-14/h11H,3-8H2,1-2H3. The van der Waals surface area contributed by atoms with E-state index in [1.165, 1.54) is 11.3 Å². The predicted octanol–water partition coefficient (Wildman–Crippen LogP) is 1.52. The number of aryl methyl sites for hydroxylation is 3. The van der Waals surface area contributed by atoms with Gasteiger partial charge in [-0.2, -0.15) is 9.61 Å². The van der Waals surface area contributed by atoms with E-state index in [1.807, 2.05) is 11.8 Å². The molecular weight excluding hydrogens is 342 g/mol. The number of piperidine rings is 1. The van der Waals surface area contributed by atoms with Crippen LogP contribution in [0.5, 0.6) is 0 Å². The molecule has 0 unspecified atom stereocenters. The first-order valence-corrected chi connectivity index (χ1v) is 9.17. The second-order valence-corrected chi connectivity index (χ2v) is 7.29. The minimum Gasteiger partial charge on any atom is -0.425 e. The van der Waals surface area contributed by atoms with Crippen LogP contribution in [0.15, 0.2) is 4.42 Å². The van der Waals surface area contributed by atoms with Gasteiger partial charge in [-0.05, 0) is 19.8 Å². The molecule has 1 saturated heterocycles. The van der Waals surface area contributed by atoms with E-state index >= 15 is 0 Å². The number of rotatable bonds is 4. The van der Waals surface area contributed by atoms with Crippen LogP contribution in [0.3, 0.4) is 0 Å². The fourth-order valence-corrected chi connectivity index (χ4v) is 3.96.